The van der Waals surface area contributed by atoms with Crippen molar-refractivity contribution in [1.29, 1.82) is 0 Å². The average Bonchev–Trinajstić information content (AvgIpc) is 2.05. The highest BCUT2D eigenvalue weighted by molar-refractivity contribution is 4.97. The molecule has 0 aromatic heterocycles. The van der Waals surface area contributed by atoms with Crippen molar-refractivity contribution in [2.75, 3.05) is 0 Å². The third-order valence-corrected chi connectivity index (χ3v) is 1.54. The third kappa shape index (κ3) is 2.47. The number of rotatable bonds is 0. The fourth-order valence-electron chi connectivity index (χ4n) is 0.916. The van der Waals surface area contributed by atoms with Crippen LogP contribution in [0.5, 0.6) is 0 Å². The summed E-state index contributed by atoms with van der Waals surface area (Å²) in [6, 6.07) is -4.94. The molecule has 1 heterocycles. The van der Waals surface area contributed by atoms with E-state index in [2.05, 4.69) is 9.47 Å². The molecule has 0 amide bonds. The predicted molar refractivity (Wildman–Crippen MR) is 31.1 cm³/mol. The molecule has 0 N–H and O–H groups in total. The Kier molecular flexibility index (Phi) is 2.94. The summed E-state index contributed by atoms with van der Waals surface area (Å²) >= 11 is 0. The second-order valence-electron chi connectivity index (χ2n) is 2.71. The average molecular weight is 258 g/mol. The van der Waals surface area contributed by atoms with Crippen molar-refractivity contribution in [1.82, 2.24) is 0 Å². The lowest BCUT2D eigenvalue weighted by Gasteiger charge is -2.32. The van der Waals surface area contributed by atoms with Gasteiger partial charge in [-0.15, -0.1) is 0 Å². The van der Waals surface area contributed by atoms with E-state index in [1.807, 2.05) is 0 Å². The molecule has 0 aliphatic carbocycles. The minimum Gasteiger partial charge on any atom is -0.449 e. The molecular weight excluding hydrogens is 256 g/mol. The standard InChI is InChI=1S/C6H2F8O2/c7-3-4(8)16-2(6(12,13)14)1(15-3)5(9,10)11/h1-2H. The van der Waals surface area contributed by atoms with Gasteiger partial charge in [0.2, 0.25) is 12.2 Å². The quantitative estimate of drug-likeness (QED) is 0.622. The first-order chi connectivity index (χ1) is 7.03. The highest BCUT2D eigenvalue weighted by Crippen LogP contribution is 2.40. The van der Waals surface area contributed by atoms with Gasteiger partial charge in [0.15, 0.2) is 0 Å². The molecule has 2 unspecified atom stereocenters. The molecule has 1 aliphatic heterocycles. The minimum atomic E-state index is -5.54. The molecule has 0 fully saturated rings. The Morgan fingerprint density at radius 1 is 0.688 bits per heavy atom. The highest BCUT2D eigenvalue weighted by atomic mass is 19.4. The summed E-state index contributed by atoms with van der Waals surface area (Å²) in [6.45, 7) is 0. The van der Waals surface area contributed by atoms with Gasteiger partial charge in [0, 0.05) is 0 Å². The Morgan fingerprint density at radius 3 is 1.12 bits per heavy atom. The van der Waals surface area contributed by atoms with Crippen LogP contribution in [0, 0.1) is 0 Å². The molecule has 0 bridgehead atoms. The Hall–Kier alpha value is -1.22. The van der Waals surface area contributed by atoms with E-state index in [0.717, 1.165) is 0 Å². The van der Waals surface area contributed by atoms with Crippen LogP contribution in [-0.2, 0) is 9.47 Å². The Labute approximate surface area is 82.4 Å². The maximum Gasteiger partial charge on any atom is 0.429 e. The second-order valence-corrected chi connectivity index (χ2v) is 2.71. The van der Waals surface area contributed by atoms with Crippen LogP contribution >= 0.6 is 0 Å². The topological polar surface area (TPSA) is 18.5 Å². The molecule has 0 aromatic carbocycles. The third-order valence-electron chi connectivity index (χ3n) is 1.54. The van der Waals surface area contributed by atoms with E-state index in [9.17, 15) is 35.1 Å². The zero-order chi connectivity index (χ0) is 12.7. The molecular formula is C6H2F8O2. The van der Waals surface area contributed by atoms with Gasteiger partial charge in [-0.2, -0.15) is 35.1 Å². The monoisotopic (exact) mass is 258 g/mol. The van der Waals surface area contributed by atoms with Gasteiger partial charge in [0.05, 0.1) is 0 Å². The van der Waals surface area contributed by atoms with Crippen LogP contribution in [0.3, 0.4) is 0 Å². The summed E-state index contributed by atoms with van der Waals surface area (Å²) in [6.07, 6.45) is -18.4. The Bertz CT molecular complexity index is 273. The molecule has 16 heavy (non-hydrogen) atoms. The molecule has 10 heteroatoms. The smallest absolute Gasteiger partial charge is 0.429 e. The van der Waals surface area contributed by atoms with Crippen LogP contribution in [0.25, 0.3) is 0 Å². The number of hydrogen-bond acceptors (Lipinski definition) is 2. The van der Waals surface area contributed by atoms with Gasteiger partial charge < -0.3 is 9.47 Å². The molecule has 94 valence electrons. The van der Waals surface area contributed by atoms with E-state index in [1.165, 1.54) is 0 Å². The van der Waals surface area contributed by atoms with Gasteiger partial charge in [0.25, 0.3) is 0 Å². The lowest BCUT2D eigenvalue weighted by atomic mass is 10.2. The van der Waals surface area contributed by atoms with E-state index in [4.69, 9.17) is 0 Å². The molecule has 0 aromatic rings. The summed E-state index contributed by atoms with van der Waals surface area (Å²) in [4.78, 5) is 0. The van der Waals surface area contributed by atoms with Crippen molar-refractivity contribution in [3.63, 3.8) is 0 Å². The van der Waals surface area contributed by atoms with E-state index < -0.39 is 36.6 Å². The lowest BCUT2D eigenvalue weighted by Crippen LogP contribution is -2.52. The van der Waals surface area contributed by atoms with Gasteiger partial charge >= 0.3 is 24.4 Å². The van der Waals surface area contributed by atoms with Crippen molar-refractivity contribution < 1.29 is 44.6 Å². The lowest BCUT2D eigenvalue weighted by molar-refractivity contribution is -0.321. The van der Waals surface area contributed by atoms with Gasteiger partial charge in [-0.3, -0.25) is 0 Å². The molecule has 0 spiro atoms. The molecule has 2 atom stereocenters. The highest BCUT2D eigenvalue weighted by Gasteiger charge is 2.61. The SMILES string of the molecule is FC1=C(F)OC(C(F)(F)F)C(C(F)(F)F)O1. The summed E-state index contributed by atoms with van der Waals surface area (Å²) in [5.74, 6) is 0. The zero-order valence-corrected chi connectivity index (χ0v) is 6.99. The van der Waals surface area contributed by atoms with Crippen molar-refractivity contribution in [2.24, 2.45) is 0 Å². The number of hydrogen-bond donors (Lipinski definition) is 0. The first-order valence-corrected chi connectivity index (χ1v) is 3.55. The largest absolute Gasteiger partial charge is 0.449 e. The second kappa shape index (κ2) is 3.67. The van der Waals surface area contributed by atoms with Crippen LogP contribution in [0.1, 0.15) is 0 Å². The Balaban J connectivity index is 3.06. The molecule has 2 nitrogen and oxygen atoms in total. The molecule has 0 saturated carbocycles. The fourth-order valence-corrected chi connectivity index (χ4v) is 0.916. The first kappa shape index (κ1) is 12.8. The zero-order valence-electron chi connectivity index (χ0n) is 6.99. The van der Waals surface area contributed by atoms with Crippen LogP contribution in [0.4, 0.5) is 35.1 Å². The summed E-state index contributed by atoms with van der Waals surface area (Å²) in [7, 11) is 0. The van der Waals surface area contributed by atoms with Crippen molar-refractivity contribution in [2.45, 2.75) is 24.6 Å². The minimum absolute atomic E-state index is 2.47. The van der Waals surface area contributed by atoms with E-state index >= 15 is 0 Å². The van der Waals surface area contributed by atoms with Crippen molar-refractivity contribution >= 4 is 0 Å². The normalized spacial score (nSPS) is 27.5. The molecule has 0 saturated heterocycles. The van der Waals surface area contributed by atoms with Gasteiger partial charge in [0.1, 0.15) is 0 Å². The van der Waals surface area contributed by atoms with Crippen LogP contribution < -0.4 is 0 Å². The number of ether oxygens (including phenoxy) is 2. The summed E-state index contributed by atoms with van der Waals surface area (Å²) in [5, 5.41) is 0. The maximum absolute atomic E-state index is 12.2. The van der Waals surface area contributed by atoms with Gasteiger partial charge in [-0.05, 0) is 0 Å². The van der Waals surface area contributed by atoms with Crippen molar-refractivity contribution in [3.8, 4) is 0 Å². The van der Waals surface area contributed by atoms with E-state index in [1.54, 1.807) is 0 Å². The predicted octanol–water partition coefficient (Wildman–Crippen LogP) is 2.96. The fraction of sp³-hybridized carbons (Fsp3) is 0.667. The summed E-state index contributed by atoms with van der Waals surface area (Å²) in [5.41, 5.74) is 0. The molecule has 1 aliphatic rings. The van der Waals surface area contributed by atoms with E-state index in [-0.39, 0.29) is 0 Å². The molecule has 0 radical (unpaired) electrons. The van der Waals surface area contributed by atoms with Gasteiger partial charge in [-0.1, -0.05) is 0 Å². The summed E-state index contributed by atoms with van der Waals surface area (Å²) < 4.78 is 103. The maximum atomic E-state index is 12.2. The number of halogens is 8. The van der Waals surface area contributed by atoms with Crippen LogP contribution in [-0.4, -0.2) is 24.6 Å². The number of alkyl halides is 6. The van der Waals surface area contributed by atoms with E-state index in [0.29, 0.717) is 0 Å². The van der Waals surface area contributed by atoms with Crippen molar-refractivity contribution in [3.05, 3.63) is 12.0 Å². The molecule has 1 rings (SSSR count). The Morgan fingerprint density at radius 2 is 0.938 bits per heavy atom. The first-order valence-electron chi connectivity index (χ1n) is 3.55. The van der Waals surface area contributed by atoms with Crippen LogP contribution in [0.2, 0.25) is 0 Å². The van der Waals surface area contributed by atoms with Crippen LogP contribution in [0.15, 0.2) is 12.0 Å². The van der Waals surface area contributed by atoms with Gasteiger partial charge in [-0.25, -0.2) is 0 Å².